The molecule has 1 aliphatic rings. The lowest BCUT2D eigenvalue weighted by atomic mass is 9.99. The fourth-order valence-corrected chi connectivity index (χ4v) is 6.77. The van der Waals surface area contributed by atoms with Gasteiger partial charge in [-0.2, -0.15) is 0 Å². The molecule has 3 aromatic heterocycles. The molecule has 1 saturated heterocycles. The first-order chi connectivity index (χ1) is 18.0. The SMILES string of the molecule is CC1C(c2cc3c(Nc4c(F)cc5scnc5c4F)ccnc3s2)CCN1C(=O)OCc1ccccc1. The van der Waals surface area contributed by atoms with Crippen LogP contribution in [0.3, 0.4) is 0 Å². The van der Waals surface area contributed by atoms with Crippen LogP contribution in [0.15, 0.2) is 60.2 Å². The summed E-state index contributed by atoms with van der Waals surface area (Å²) in [5.74, 6) is -1.29. The third kappa shape index (κ3) is 4.40. The van der Waals surface area contributed by atoms with Crippen molar-refractivity contribution in [1.29, 1.82) is 0 Å². The van der Waals surface area contributed by atoms with Gasteiger partial charge in [0.1, 0.15) is 22.6 Å². The van der Waals surface area contributed by atoms with Gasteiger partial charge in [0.2, 0.25) is 0 Å². The number of halogens is 2. The molecule has 188 valence electrons. The van der Waals surface area contributed by atoms with Gasteiger partial charge in [-0.3, -0.25) is 0 Å². The van der Waals surface area contributed by atoms with Crippen LogP contribution in [0.4, 0.5) is 25.0 Å². The van der Waals surface area contributed by atoms with Crippen LogP contribution < -0.4 is 5.32 Å². The molecule has 1 aliphatic heterocycles. The molecule has 1 fully saturated rings. The van der Waals surface area contributed by atoms with Gasteiger partial charge < -0.3 is 15.0 Å². The molecule has 6 rings (SSSR count). The summed E-state index contributed by atoms with van der Waals surface area (Å²) < 4.78 is 35.8. The molecule has 0 bridgehead atoms. The highest BCUT2D eigenvalue weighted by Crippen LogP contribution is 2.42. The summed E-state index contributed by atoms with van der Waals surface area (Å²) in [7, 11) is 0. The van der Waals surface area contributed by atoms with Gasteiger partial charge in [0.05, 0.1) is 15.9 Å². The molecule has 6 nitrogen and oxygen atoms in total. The molecule has 2 unspecified atom stereocenters. The number of hydrogen-bond donors (Lipinski definition) is 1. The van der Waals surface area contributed by atoms with Crippen LogP contribution in [0.5, 0.6) is 0 Å². The maximum absolute atomic E-state index is 15.0. The monoisotopic (exact) mass is 536 g/mol. The van der Waals surface area contributed by atoms with E-state index in [2.05, 4.69) is 15.3 Å². The number of fused-ring (bicyclic) bond motifs is 2. The fourth-order valence-electron chi connectivity index (χ4n) is 4.81. The summed E-state index contributed by atoms with van der Waals surface area (Å²) >= 11 is 2.72. The van der Waals surface area contributed by atoms with Gasteiger partial charge in [-0.05, 0) is 37.1 Å². The third-order valence-electron chi connectivity index (χ3n) is 6.79. The highest BCUT2D eigenvalue weighted by Gasteiger charge is 2.36. The maximum atomic E-state index is 15.0. The first kappa shape index (κ1) is 23.7. The van der Waals surface area contributed by atoms with Gasteiger partial charge in [0.15, 0.2) is 11.6 Å². The van der Waals surface area contributed by atoms with E-state index in [0.29, 0.717) is 16.9 Å². The Balaban J connectivity index is 1.23. The molecule has 1 amide bonds. The number of aromatic nitrogens is 2. The summed E-state index contributed by atoms with van der Waals surface area (Å²) in [6.07, 6.45) is 2.08. The summed E-state index contributed by atoms with van der Waals surface area (Å²) in [5.41, 5.74) is 2.90. The Morgan fingerprint density at radius 3 is 2.86 bits per heavy atom. The average molecular weight is 537 g/mol. The van der Waals surface area contributed by atoms with Crippen molar-refractivity contribution >= 4 is 60.6 Å². The molecule has 4 heterocycles. The Kier molecular flexibility index (Phi) is 6.21. The minimum Gasteiger partial charge on any atom is -0.445 e. The predicted molar refractivity (Wildman–Crippen MR) is 143 cm³/mol. The first-order valence-corrected chi connectivity index (χ1v) is 13.5. The molecule has 10 heteroatoms. The Hall–Kier alpha value is -3.63. The van der Waals surface area contributed by atoms with E-state index < -0.39 is 11.6 Å². The summed E-state index contributed by atoms with van der Waals surface area (Å²) in [6, 6.07) is 14.5. The van der Waals surface area contributed by atoms with Crippen molar-refractivity contribution < 1.29 is 18.3 Å². The second-order valence-corrected chi connectivity index (χ2v) is 10.9. The second-order valence-electron chi connectivity index (χ2n) is 8.97. The van der Waals surface area contributed by atoms with Crippen LogP contribution in [0, 0.1) is 11.6 Å². The molecule has 0 spiro atoms. The molecule has 0 aliphatic carbocycles. The van der Waals surface area contributed by atoms with Gasteiger partial charge in [-0.1, -0.05) is 30.3 Å². The van der Waals surface area contributed by atoms with Crippen LogP contribution >= 0.6 is 22.7 Å². The van der Waals surface area contributed by atoms with Gasteiger partial charge in [-0.15, -0.1) is 22.7 Å². The van der Waals surface area contributed by atoms with Gasteiger partial charge >= 0.3 is 6.09 Å². The van der Waals surface area contributed by atoms with Crippen LogP contribution in [0.1, 0.15) is 29.7 Å². The zero-order valence-corrected chi connectivity index (χ0v) is 21.4. The molecule has 0 radical (unpaired) electrons. The minimum absolute atomic E-state index is 0.0605. The van der Waals surface area contributed by atoms with Crippen LogP contribution in [-0.4, -0.2) is 33.5 Å². The second kappa shape index (κ2) is 9.68. The zero-order valence-electron chi connectivity index (χ0n) is 19.8. The van der Waals surface area contributed by atoms with Crippen molar-refractivity contribution in [3.05, 3.63) is 82.3 Å². The molecule has 37 heavy (non-hydrogen) atoms. The van der Waals surface area contributed by atoms with E-state index >= 15 is 4.39 Å². The number of rotatable bonds is 5. The van der Waals surface area contributed by atoms with E-state index in [1.165, 1.54) is 34.3 Å². The number of likely N-dealkylation sites (tertiary alicyclic amines) is 1. The zero-order chi connectivity index (χ0) is 25.5. The van der Waals surface area contributed by atoms with Gasteiger partial charge in [-0.25, -0.2) is 23.5 Å². The van der Waals surface area contributed by atoms with Gasteiger partial charge in [0, 0.05) is 35.0 Å². The number of nitrogens with one attached hydrogen (secondary N) is 1. The number of ether oxygens (including phenoxy) is 1. The number of carbonyl (C=O) groups excluding carboxylic acids is 1. The Morgan fingerprint density at radius 1 is 1.19 bits per heavy atom. The molecule has 5 aromatic rings. The largest absolute Gasteiger partial charge is 0.445 e. The van der Waals surface area contributed by atoms with E-state index in [9.17, 15) is 9.18 Å². The molecular weight excluding hydrogens is 514 g/mol. The molecular formula is C27H22F2N4O2S2. The number of thiophene rings is 1. The van der Waals surface area contributed by atoms with Crippen LogP contribution in [0.25, 0.3) is 20.4 Å². The number of hydrogen-bond acceptors (Lipinski definition) is 7. The lowest BCUT2D eigenvalue weighted by Crippen LogP contribution is -2.35. The first-order valence-electron chi connectivity index (χ1n) is 11.8. The van der Waals surface area contributed by atoms with E-state index in [-0.39, 0.29) is 35.9 Å². The number of benzene rings is 2. The van der Waals surface area contributed by atoms with Crippen LogP contribution in [-0.2, 0) is 11.3 Å². The van der Waals surface area contributed by atoms with Crippen molar-refractivity contribution in [3.8, 4) is 0 Å². The number of thiazole rings is 1. The molecule has 2 atom stereocenters. The Morgan fingerprint density at radius 2 is 2.03 bits per heavy atom. The molecule has 0 saturated carbocycles. The Labute approximate surface area is 219 Å². The highest BCUT2D eigenvalue weighted by molar-refractivity contribution is 7.18. The predicted octanol–water partition coefficient (Wildman–Crippen LogP) is 7.44. The van der Waals surface area contributed by atoms with Crippen molar-refractivity contribution in [2.75, 3.05) is 11.9 Å². The van der Waals surface area contributed by atoms with Crippen molar-refractivity contribution in [1.82, 2.24) is 14.9 Å². The fraction of sp³-hybridized carbons (Fsp3) is 0.222. The lowest BCUT2D eigenvalue weighted by molar-refractivity contribution is 0.0934. The van der Waals surface area contributed by atoms with Crippen molar-refractivity contribution in [3.63, 3.8) is 0 Å². The third-order valence-corrected chi connectivity index (χ3v) is 8.74. The summed E-state index contributed by atoms with van der Waals surface area (Å²) in [5, 5.41) is 3.71. The Bertz CT molecular complexity index is 1600. The number of nitrogens with zero attached hydrogens (tertiary/aromatic N) is 3. The lowest BCUT2D eigenvalue weighted by Gasteiger charge is -2.23. The normalized spacial score (nSPS) is 17.5. The highest BCUT2D eigenvalue weighted by atomic mass is 32.1. The van der Waals surface area contributed by atoms with Crippen LogP contribution in [0.2, 0.25) is 0 Å². The number of anilines is 2. The van der Waals surface area contributed by atoms with Crippen molar-refractivity contribution in [2.45, 2.75) is 31.9 Å². The molecule has 2 aromatic carbocycles. The van der Waals surface area contributed by atoms with Gasteiger partial charge in [0.25, 0.3) is 0 Å². The number of pyridine rings is 1. The van der Waals surface area contributed by atoms with E-state index in [4.69, 9.17) is 4.74 Å². The van der Waals surface area contributed by atoms with E-state index in [1.54, 1.807) is 17.2 Å². The quantitative estimate of drug-likeness (QED) is 0.253. The topological polar surface area (TPSA) is 67.4 Å². The standard InChI is InChI=1S/C27H22F2N4O2S2/c1-15-17(8-10-33(15)27(34)35-13-16-5-3-2-4-6-16)21-11-18-20(7-9-30-26(18)37-21)32-24-19(28)12-22-25(23(24)29)31-14-36-22/h2-7,9,11-12,14-15,17H,8,10,13H2,1H3,(H,30,32). The van der Waals surface area contributed by atoms with Crippen molar-refractivity contribution in [2.24, 2.45) is 0 Å². The number of amides is 1. The smallest absolute Gasteiger partial charge is 0.410 e. The minimum atomic E-state index is -0.717. The van der Waals surface area contributed by atoms with E-state index in [0.717, 1.165) is 27.1 Å². The number of carbonyl (C=O) groups is 1. The summed E-state index contributed by atoms with van der Waals surface area (Å²) in [4.78, 5) is 24.9. The van der Waals surface area contributed by atoms with E-state index in [1.807, 2.05) is 43.3 Å². The average Bonchev–Trinajstić information content (AvgIpc) is 3.64. The molecule has 1 N–H and O–H groups in total. The maximum Gasteiger partial charge on any atom is 0.410 e. The summed E-state index contributed by atoms with van der Waals surface area (Å²) in [6.45, 7) is 2.85.